The quantitative estimate of drug-likeness (QED) is 0.658. The van der Waals surface area contributed by atoms with Gasteiger partial charge in [0.1, 0.15) is 23.1 Å². The number of hydrazone groups is 1. The van der Waals surface area contributed by atoms with Gasteiger partial charge in [0.25, 0.3) is 0 Å². The van der Waals surface area contributed by atoms with Crippen molar-refractivity contribution in [2.45, 2.75) is 37.2 Å². The zero-order valence-corrected chi connectivity index (χ0v) is 19.4. The van der Waals surface area contributed by atoms with Crippen LogP contribution in [0.4, 0.5) is 10.1 Å². The topological polar surface area (TPSA) is 88.8 Å². The van der Waals surface area contributed by atoms with E-state index in [9.17, 15) is 12.8 Å². The molecule has 0 spiro atoms. The van der Waals surface area contributed by atoms with Gasteiger partial charge in [-0.15, -0.1) is 0 Å². The second-order valence-electron chi connectivity index (χ2n) is 7.75. The van der Waals surface area contributed by atoms with Crippen molar-refractivity contribution in [2.75, 3.05) is 11.6 Å². The molecule has 2 atom stereocenters. The summed E-state index contributed by atoms with van der Waals surface area (Å²) in [6, 6.07) is 5.49. The Hall–Kier alpha value is -2.69. The van der Waals surface area contributed by atoms with Crippen LogP contribution in [0.1, 0.15) is 19.0 Å². The Morgan fingerprint density at radius 2 is 2.06 bits per heavy atom. The van der Waals surface area contributed by atoms with Gasteiger partial charge in [0.2, 0.25) is 10.0 Å². The molecule has 1 aliphatic heterocycles. The van der Waals surface area contributed by atoms with Crippen molar-refractivity contribution in [3.63, 3.8) is 0 Å². The summed E-state index contributed by atoms with van der Waals surface area (Å²) in [6.45, 7) is 3.50. The summed E-state index contributed by atoms with van der Waals surface area (Å²) in [5, 5.41) is 10.7. The van der Waals surface area contributed by atoms with Gasteiger partial charge >= 0.3 is 0 Å². The molecule has 0 saturated heterocycles. The van der Waals surface area contributed by atoms with Crippen LogP contribution in [-0.2, 0) is 21.8 Å². The zero-order valence-electron chi connectivity index (χ0n) is 17.8. The standard InChI is InChI=1S/C21H23ClFN5O3S/c1-13(26-32(29,30)21-11-24-27(3)14(21)2)12-31-20-8-15-10-25-28(19(15)9-18(20)22)17-6-4-16(23)5-7-17/h4-8,10-11,13,19,26H,9,12H2,1-3H3/t13-,19?/m0/s1. The smallest absolute Gasteiger partial charge is 0.244 e. The maximum Gasteiger partial charge on any atom is 0.244 e. The molecule has 8 nitrogen and oxygen atoms in total. The molecule has 0 fully saturated rings. The van der Waals surface area contributed by atoms with E-state index in [4.69, 9.17) is 16.3 Å². The number of ether oxygens (including phenoxy) is 1. The number of halogens is 2. The van der Waals surface area contributed by atoms with Crippen molar-refractivity contribution in [3.05, 3.63) is 64.4 Å². The average Bonchev–Trinajstić information content (AvgIpc) is 3.30. The highest BCUT2D eigenvalue weighted by atomic mass is 35.5. The molecule has 0 radical (unpaired) electrons. The van der Waals surface area contributed by atoms with E-state index in [-0.39, 0.29) is 23.4 Å². The number of nitrogens with zero attached hydrogens (tertiary/aromatic N) is 4. The number of aromatic nitrogens is 2. The van der Waals surface area contributed by atoms with E-state index in [2.05, 4.69) is 14.9 Å². The van der Waals surface area contributed by atoms with E-state index in [0.717, 1.165) is 11.3 Å². The molecule has 0 bridgehead atoms. The van der Waals surface area contributed by atoms with Gasteiger partial charge in [-0.25, -0.2) is 17.5 Å². The minimum Gasteiger partial charge on any atom is -0.491 e. The van der Waals surface area contributed by atoms with Gasteiger partial charge in [0.15, 0.2) is 0 Å². The predicted molar refractivity (Wildman–Crippen MR) is 120 cm³/mol. The summed E-state index contributed by atoms with van der Waals surface area (Å²) in [4.78, 5) is 0.134. The molecular weight excluding hydrogens is 457 g/mol. The lowest BCUT2D eigenvalue weighted by Gasteiger charge is -2.28. The summed E-state index contributed by atoms with van der Waals surface area (Å²) in [6.07, 6.45) is 5.31. The van der Waals surface area contributed by atoms with Crippen molar-refractivity contribution >= 4 is 33.5 Å². The number of rotatable bonds is 7. The largest absolute Gasteiger partial charge is 0.491 e. The van der Waals surface area contributed by atoms with Crippen molar-refractivity contribution in [3.8, 4) is 0 Å². The van der Waals surface area contributed by atoms with Gasteiger partial charge in [-0.2, -0.15) is 10.2 Å². The molecular formula is C21H23ClFN5O3S. The van der Waals surface area contributed by atoms with Crippen LogP contribution in [0.3, 0.4) is 0 Å². The van der Waals surface area contributed by atoms with E-state index in [1.165, 1.54) is 23.0 Å². The third kappa shape index (κ3) is 4.43. The fourth-order valence-electron chi connectivity index (χ4n) is 3.55. The molecule has 2 aliphatic rings. The Kier molecular flexibility index (Phi) is 6.11. The van der Waals surface area contributed by atoms with E-state index < -0.39 is 16.1 Å². The van der Waals surface area contributed by atoms with Crippen LogP contribution in [0.2, 0.25) is 0 Å². The summed E-state index contributed by atoms with van der Waals surface area (Å²) >= 11 is 6.48. The van der Waals surface area contributed by atoms with E-state index in [1.54, 1.807) is 50.3 Å². The molecule has 0 saturated carbocycles. The minimum atomic E-state index is -3.72. The SMILES string of the molecule is Cc1c(S(=O)(=O)N[C@@H](C)COC2=C(Cl)CC3C(=C2)C=NN3c2ccc(F)cc2)cnn1C. The van der Waals surface area contributed by atoms with Crippen LogP contribution in [0.5, 0.6) is 0 Å². The Labute approximate surface area is 191 Å². The predicted octanol–water partition coefficient (Wildman–Crippen LogP) is 3.21. The van der Waals surface area contributed by atoms with E-state index in [1.807, 2.05) is 0 Å². The van der Waals surface area contributed by atoms with Gasteiger partial charge in [0.05, 0.1) is 40.9 Å². The third-order valence-electron chi connectivity index (χ3n) is 5.36. The number of aryl methyl sites for hydroxylation is 1. The van der Waals surface area contributed by atoms with Crippen molar-refractivity contribution < 1.29 is 17.5 Å². The van der Waals surface area contributed by atoms with Crippen molar-refractivity contribution in [2.24, 2.45) is 12.1 Å². The van der Waals surface area contributed by atoms with Gasteiger partial charge in [-0.3, -0.25) is 9.69 Å². The number of allylic oxidation sites excluding steroid dienone is 1. The van der Waals surface area contributed by atoms with Crippen molar-refractivity contribution in [1.82, 2.24) is 14.5 Å². The van der Waals surface area contributed by atoms with Gasteiger partial charge in [0, 0.05) is 19.0 Å². The Balaban J connectivity index is 1.39. The second-order valence-corrected chi connectivity index (χ2v) is 9.89. The molecule has 2 aromatic rings. The first kappa shape index (κ1) is 22.5. The highest BCUT2D eigenvalue weighted by molar-refractivity contribution is 7.89. The second kappa shape index (κ2) is 8.68. The number of benzene rings is 1. The van der Waals surface area contributed by atoms with Crippen LogP contribution < -0.4 is 9.73 Å². The highest BCUT2D eigenvalue weighted by Gasteiger charge is 2.32. The minimum absolute atomic E-state index is 0.0946. The first-order chi connectivity index (χ1) is 15.2. The van der Waals surface area contributed by atoms with Gasteiger partial charge < -0.3 is 4.74 Å². The molecule has 1 aliphatic carbocycles. The summed E-state index contributed by atoms with van der Waals surface area (Å²) in [5.41, 5.74) is 2.22. The lowest BCUT2D eigenvalue weighted by atomic mass is 9.98. The molecule has 11 heteroatoms. The van der Waals surface area contributed by atoms with Crippen LogP contribution in [0, 0.1) is 12.7 Å². The number of anilines is 1. The highest BCUT2D eigenvalue weighted by Crippen LogP contribution is 2.36. The Morgan fingerprint density at radius 1 is 1.34 bits per heavy atom. The third-order valence-corrected chi connectivity index (χ3v) is 7.40. The number of hydrogen-bond acceptors (Lipinski definition) is 6. The molecule has 1 aromatic carbocycles. The Morgan fingerprint density at radius 3 is 2.72 bits per heavy atom. The summed E-state index contributed by atoms with van der Waals surface area (Å²) in [5.74, 6) is 0.169. The Bertz CT molecular complexity index is 1220. The maximum atomic E-state index is 13.2. The first-order valence-corrected chi connectivity index (χ1v) is 11.8. The lowest BCUT2D eigenvalue weighted by Crippen LogP contribution is -2.36. The number of sulfonamides is 1. The molecule has 0 amide bonds. The summed E-state index contributed by atoms with van der Waals surface area (Å²) in [7, 11) is -2.04. The monoisotopic (exact) mass is 479 g/mol. The molecule has 1 N–H and O–H groups in total. The van der Waals surface area contributed by atoms with Crippen LogP contribution >= 0.6 is 11.6 Å². The molecule has 1 unspecified atom stereocenters. The van der Waals surface area contributed by atoms with Crippen LogP contribution in [-0.4, -0.2) is 43.1 Å². The van der Waals surface area contributed by atoms with Gasteiger partial charge in [-0.1, -0.05) is 11.6 Å². The molecule has 4 rings (SSSR count). The zero-order chi connectivity index (χ0) is 23.0. The normalized spacial score (nSPS) is 19.2. The van der Waals surface area contributed by atoms with Crippen LogP contribution in [0.25, 0.3) is 0 Å². The fourth-order valence-corrected chi connectivity index (χ4v) is 5.24. The summed E-state index contributed by atoms with van der Waals surface area (Å²) < 4.78 is 48.4. The van der Waals surface area contributed by atoms with Crippen LogP contribution in [0.15, 0.2) is 62.9 Å². The maximum absolute atomic E-state index is 13.2. The molecule has 2 heterocycles. The average molecular weight is 480 g/mol. The number of hydrogen-bond donors (Lipinski definition) is 1. The van der Waals surface area contributed by atoms with E-state index >= 15 is 0 Å². The van der Waals surface area contributed by atoms with Crippen molar-refractivity contribution in [1.29, 1.82) is 0 Å². The lowest BCUT2D eigenvalue weighted by molar-refractivity contribution is 0.200. The van der Waals surface area contributed by atoms with E-state index in [0.29, 0.717) is 22.9 Å². The molecule has 32 heavy (non-hydrogen) atoms. The molecule has 170 valence electrons. The molecule has 1 aromatic heterocycles. The number of nitrogens with one attached hydrogen (secondary N) is 1. The number of fused-ring (bicyclic) bond motifs is 1. The van der Waals surface area contributed by atoms with Gasteiger partial charge in [-0.05, 0) is 44.2 Å². The first-order valence-electron chi connectivity index (χ1n) is 9.98. The fraction of sp³-hybridized carbons (Fsp3) is 0.333.